The topological polar surface area (TPSA) is 83.0 Å². The molecule has 0 spiro atoms. The lowest BCUT2D eigenvalue weighted by atomic mass is 10.2. The minimum absolute atomic E-state index is 0.00144. The van der Waals surface area contributed by atoms with Crippen LogP contribution in [0.1, 0.15) is 15.9 Å². The number of hydrogen-bond donors (Lipinski definition) is 1. The third-order valence-corrected chi connectivity index (χ3v) is 2.50. The zero-order chi connectivity index (χ0) is 14.9. The smallest absolute Gasteiger partial charge is 0.419 e. The van der Waals surface area contributed by atoms with E-state index in [1.165, 1.54) is 12.3 Å². The minimum Gasteiger partial charge on any atom is -0.465 e. The van der Waals surface area contributed by atoms with Crippen LogP contribution in [0, 0.1) is 0 Å². The first-order chi connectivity index (χ1) is 9.34. The van der Waals surface area contributed by atoms with E-state index in [0.29, 0.717) is 6.20 Å². The molecule has 0 aliphatic heterocycles. The summed E-state index contributed by atoms with van der Waals surface area (Å²) in [6.07, 6.45) is -1.91. The van der Waals surface area contributed by atoms with Crippen LogP contribution in [0.25, 0.3) is 5.82 Å². The van der Waals surface area contributed by atoms with Crippen molar-refractivity contribution >= 4 is 11.7 Å². The van der Waals surface area contributed by atoms with Gasteiger partial charge >= 0.3 is 12.1 Å². The molecule has 0 unspecified atom stereocenters. The fraction of sp³-hybridized carbons (Fsp3) is 0.182. The second kappa shape index (κ2) is 4.83. The van der Waals surface area contributed by atoms with E-state index >= 15 is 0 Å². The number of esters is 1. The number of methoxy groups -OCH3 is 1. The quantitative estimate of drug-likeness (QED) is 0.849. The van der Waals surface area contributed by atoms with Crippen molar-refractivity contribution in [1.29, 1.82) is 0 Å². The van der Waals surface area contributed by atoms with Gasteiger partial charge in [-0.15, -0.1) is 0 Å². The van der Waals surface area contributed by atoms with Crippen molar-refractivity contribution in [2.75, 3.05) is 12.8 Å². The third kappa shape index (κ3) is 2.42. The zero-order valence-corrected chi connectivity index (χ0v) is 10.2. The van der Waals surface area contributed by atoms with Crippen LogP contribution < -0.4 is 5.73 Å². The minimum atomic E-state index is -4.52. The summed E-state index contributed by atoms with van der Waals surface area (Å²) in [7, 11) is 1.16. The molecule has 0 aliphatic carbocycles. The van der Waals surface area contributed by atoms with Crippen molar-refractivity contribution in [3.05, 3.63) is 35.8 Å². The molecular formula is C11H9F3N4O2. The molecule has 0 atom stereocenters. The molecule has 2 aromatic rings. The molecule has 0 bridgehead atoms. The highest BCUT2D eigenvalue weighted by atomic mass is 19.4. The van der Waals surface area contributed by atoms with E-state index in [2.05, 4.69) is 14.8 Å². The molecule has 0 fully saturated rings. The number of carbonyl (C=O) groups is 1. The van der Waals surface area contributed by atoms with Crippen molar-refractivity contribution in [2.45, 2.75) is 6.18 Å². The van der Waals surface area contributed by atoms with Gasteiger partial charge in [-0.05, 0) is 6.07 Å². The van der Waals surface area contributed by atoms with Gasteiger partial charge in [-0.25, -0.2) is 14.5 Å². The summed E-state index contributed by atoms with van der Waals surface area (Å²) < 4.78 is 42.9. The summed E-state index contributed by atoms with van der Waals surface area (Å²) in [5.41, 5.74) is 4.65. The fourth-order valence-electron chi connectivity index (χ4n) is 1.52. The van der Waals surface area contributed by atoms with Crippen LogP contribution >= 0.6 is 0 Å². The number of alkyl halides is 3. The second-order valence-electron chi connectivity index (χ2n) is 3.76. The van der Waals surface area contributed by atoms with Gasteiger partial charge < -0.3 is 10.5 Å². The number of rotatable bonds is 2. The van der Waals surface area contributed by atoms with Crippen LogP contribution in [0.2, 0.25) is 0 Å². The summed E-state index contributed by atoms with van der Waals surface area (Å²) in [4.78, 5) is 15.3. The molecule has 6 nitrogen and oxygen atoms in total. The fourth-order valence-corrected chi connectivity index (χ4v) is 1.52. The van der Waals surface area contributed by atoms with E-state index in [-0.39, 0.29) is 17.1 Å². The number of ether oxygens (including phenoxy) is 1. The Morgan fingerprint density at radius 3 is 2.70 bits per heavy atom. The summed E-state index contributed by atoms with van der Waals surface area (Å²) in [5, 5.41) is 3.54. The molecule has 0 aliphatic rings. The third-order valence-electron chi connectivity index (χ3n) is 2.50. The number of hydrogen-bond acceptors (Lipinski definition) is 5. The number of nitrogens with two attached hydrogens (primary N) is 1. The van der Waals surface area contributed by atoms with Gasteiger partial charge in [0, 0.05) is 12.4 Å². The van der Waals surface area contributed by atoms with Gasteiger partial charge in [0.1, 0.15) is 0 Å². The van der Waals surface area contributed by atoms with Crippen molar-refractivity contribution in [2.24, 2.45) is 0 Å². The monoisotopic (exact) mass is 286 g/mol. The van der Waals surface area contributed by atoms with Gasteiger partial charge in [-0.1, -0.05) is 0 Å². The maximum Gasteiger partial charge on any atom is 0.419 e. The first-order valence-electron chi connectivity index (χ1n) is 5.29. The van der Waals surface area contributed by atoms with Crippen LogP contribution in [0.15, 0.2) is 24.7 Å². The number of aromatic nitrogens is 3. The molecule has 9 heteroatoms. The molecule has 0 saturated heterocycles. The SMILES string of the molecule is COC(=O)c1ccnc(-n2cc(C(F)(F)F)cn2)c1N. The van der Waals surface area contributed by atoms with Crippen molar-refractivity contribution < 1.29 is 22.7 Å². The lowest BCUT2D eigenvalue weighted by molar-refractivity contribution is -0.137. The molecule has 0 aromatic carbocycles. The standard InChI is InChI=1S/C11H9F3N4O2/c1-20-10(19)7-2-3-16-9(8(7)15)18-5-6(4-17-18)11(12,13)14/h2-5H,15H2,1H3. The maximum absolute atomic E-state index is 12.5. The average molecular weight is 286 g/mol. The summed E-state index contributed by atoms with van der Waals surface area (Å²) in [5.74, 6) is -0.794. The summed E-state index contributed by atoms with van der Waals surface area (Å²) >= 11 is 0. The number of nitrogens with zero attached hydrogens (tertiary/aromatic N) is 3. The largest absolute Gasteiger partial charge is 0.465 e. The van der Waals surface area contributed by atoms with Gasteiger partial charge in [0.25, 0.3) is 0 Å². The number of pyridine rings is 1. The zero-order valence-electron chi connectivity index (χ0n) is 10.2. The first kappa shape index (κ1) is 13.8. The van der Waals surface area contributed by atoms with E-state index in [4.69, 9.17) is 5.73 Å². The molecule has 2 N–H and O–H groups in total. The molecule has 2 rings (SSSR count). The number of nitrogen functional groups attached to an aromatic ring is 1. The summed E-state index contributed by atoms with van der Waals surface area (Å²) in [6.45, 7) is 0. The van der Waals surface area contributed by atoms with Crippen LogP contribution in [0.3, 0.4) is 0 Å². The van der Waals surface area contributed by atoms with Gasteiger partial charge in [-0.3, -0.25) is 0 Å². The molecule has 0 saturated carbocycles. The lowest BCUT2D eigenvalue weighted by Gasteiger charge is -2.08. The van der Waals surface area contributed by atoms with Gasteiger partial charge in [0.05, 0.1) is 30.1 Å². The van der Waals surface area contributed by atoms with E-state index < -0.39 is 17.7 Å². The predicted octanol–water partition coefficient (Wildman–Crippen LogP) is 1.65. The Labute approximate surface area is 111 Å². The van der Waals surface area contributed by atoms with E-state index in [0.717, 1.165) is 18.0 Å². The normalized spacial score (nSPS) is 11.4. The Balaban J connectivity index is 2.49. The Morgan fingerprint density at radius 1 is 1.45 bits per heavy atom. The molecule has 20 heavy (non-hydrogen) atoms. The van der Waals surface area contributed by atoms with Gasteiger partial charge in [-0.2, -0.15) is 18.3 Å². The Morgan fingerprint density at radius 2 is 2.15 bits per heavy atom. The van der Waals surface area contributed by atoms with Crippen molar-refractivity contribution in [1.82, 2.24) is 14.8 Å². The predicted molar refractivity (Wildman–Crippen MR) is 62.1 cm³/mol. The maximum atomic E-state index is 12.5. The Bertz CT molecular complexity index is 651. The highest BCUT2D eigenvalue weighted by molar-refractivity contribution is 5.96. The van der Waals surface area contributed by atoms with Crippen LogP contribution in [0.4, 0.5) is 18.9 Å². The van der Waals surface area contributed by atoms with Crippen LogP contribution in [-0.2, 0) is 10.9 Å². The van der Waals surface area contributed by atoms with E-state index in [1.54, 1.807) is 0 Å². The van der Waals surface area contributed by atoms with Gasteiger partial charge in [0.2, 0.25) is 0 Å². The second-order valence-corrected chi connectivity index (χ2v) is 3.76. The molecule has 2 aromatic heterocycles. The Hall–Kier alpha value is -2.58. The van der Waals surface area contributed by atoms with E-state index in [1.807, 2.05) is 0 Å². The summed E-state index contributed by atoms with van der Waals surface area (Å²) in [6, 6.07) is 1.30. The highest BCUT2D eigenvalue weighted by Crippen LogP contribution is 2.29. The van der Waals surface area contributed by atoms with Gasteiger partial charge in [0.15, 0.2) is 5.82 Å². The van der Waals surface area contributed by atoms with E-state index in [9.17, 15) is 18.0 Å². The number of anilines is 1. The Kier molecular flexibility index (Phi) is 3.35. The number of carbonyl (C=O) groups excluding carboxylic acids is 1. The molecule has 2 heterocycles. The molecule has 0 amide bonds. The molecule has 0 radical (unpaired) electrons. The average Bonchev–Trinajstić information content (AvgIpc) is 2.87. The lowest BCUT2D eigenvalue weighted by Crippen LogP contribution is -2.11. The van der Waals surface area contributed by atoms with Crippen molar-refractivity contribution in [3.63, 3.8) is 0 Å². The van der Waals surface area contributed by atoms with Crippen LogP contribution in [0.5, 0.6) is 0 Å². The number of halogens is 3. The first-order valence-corrected chi connectivity index (χ1v) is 5.29. The molecular weight excluding hydrogens is 277 g/mol. The van der Waals surface area contributed by atoms with Crippen LogP contribution in [-0.4, -0.2) is 27.8 Å². The highest BCUT2D eigenvalue weighted by Gasteiger charge is 2.32. The van der Waals surface area contributed by atoms with Crippen molar-refractivity contribution in [3.8, 4) is 5.82 Å². The molecule has 106 valence electrons.